The molecule has 1 aliphatic rings. The molecule has 0 unspecified atom stereocenters. The van der Waals surface area contributed by atoms with Crippen molar-refractivity contribution in [2.24, 2.45) is 5.92 Å². The van der Waals surface area contributed by atoms with E-state index < -0.39 is 10.0 Å². The lowest BCUT2D eigenvalue weighted by molar-refractivity contribution is 0.0743. The first kappa shape index (κ1) is 17.9. The molecule has 1 heterocycles. The SMILES string of the molecule is COCCNS(=O)(=O)c1cccc(C(=O)N2C[C@@H](C)C[C@@H]2C)c1. The number of methoxy groups -OCH3 is 1. The Balaban J connectivity index is 2.18. The summed E-state index contributed by atoms with van der Waals surface area (Å²) in [5.74, 6) is 0.354. The lowest BCUT2D eigenvalue weighted by Gasteiger charge is -2.21. The number of amides is 1. The molecule has 0 aliphatic carbocycles. The molecular formula is C16H24N2O4S. The molecule has 1 aliphatic heterocycles. The highest BCUT2D eigenvalue weighted by Crippen LogP contribution is 2.24. The molecule has 0 bridgehead atoms. The van der Waals surface area contributed by atoms with Gasteiger partial charge in [-0.05, 0) is 37.5 Å². The van der Waals surface area contributed by atoms with Gasteiger partial charge >= 0.3 is 0 Å². The summed E-state index contributed by atoms with van der Waals surface area (Å²) in [6.07, 6.45) is 0.975. The topological polar surface area (TPSA) is 75.7 Å². The molecule has 1 N–H and O–H groups in total. The molecule has 128 valence electrons. The Kier molecular flexibility index (Phi) is 5.78. The van der Waals surface area contributed by atoms with Crippen molar-refractivity contribution in [3.8, 4) is 0 Å². The van der Waals surface area contributed by atoms with Gasteiger partial charge in [0.25, 0.3) is 5.91 Å². The minimum Gasteiger partial charge on any atom is -0.383 e. The summed E-state index contributed by atoms with van der Waals surface area (Å²) in [7, 11) is -2.13. The van der Waals surface area contributed by atoms with Crippen LogP contribution in [0.1, 0.15) is 30.6 Å². The fourth-order valence-corrected chi connectivity index (χ4v) is 3.96. The minimum absolute atomic E-state index is 0.0966. The molecule has 7 heteroatoms. The van der Waals surface area contributed by atoms with Crippen LogP contribution in [0.5, 0.6) is 0 Å². The standard InChI is InChI=1S/C16H24N2O4S/c1-12-9-13(2)18(11-12)16(19)14-5-4-6-15(10-14)23(20,21)17-7-8-22-3/h4-6,10,12-13,17H,7-9,11H2,1-3H3/t12-,13-/m0/s1. The summed E-state index contributed by atoms with van der Waals surface area (Å²) in [5.41, 5.74) is 0.403. The number of sulfonamides is 1. The molecule has 23 heavy (non-hydrogen) atoms. The highest BCUT2D eigenvalue weighted by Gasteiger charge is 2.30. The molecule has 0 aromatic heterocycles. The normalized spacial score (nSPS) is 21.6. The van der Waals surface area contributed by atoms with Gasteiger partial charge in [-0.3, -0.25) is 4.79 Å². The predicted octanol–water partition coefficient (Wildman–Crippen LogP) is 1.48. The number of rotatable bonds is 6. The molecule has 2 rings (SSSR count). The Morgan fingerprint density at radius 1 is 1.39 bits per heavy atom. The smallest absolute Gasteiger partial charge is 0.254 e. The maximum atomic E-state index is 12.6. The number of hydrogen-bond donors (Lipinski definition) is 1. The van der Waals surface area contributed by atoms with Crippen molar-refractivity contribution < 1.29 is 17.9 Å². The van der Waals surface area contributed by atoms with Crippen LogP contribution in [-0.2, 0) is 14.8 Å². The van der Waals surface area contributed by atoms with Crippen LogP contribution < -0.4 is 4.72 Å². The zero-order valence-electron chi connectivity index (χ0n) is 13.8. The van der Waals surface area contributed by atoms with E-state index in [1.165, 1.54) is 19.2 Å². The van der Waals surface area contributed by atoms with Crippen LogP contribution in [0.4, 0.5) is 0 Å². The van der Waals surface area contributed by atoms with Crippen molar-refractivity contribution in [1.82, 2.24) is 9.62 Å². The van der Waals surface area contributed by atoms with Crippen LogP contribution in [0.15, 0.2) is 29.2 Å². The number of nitrogens with one attached hydrogen (secondary N) is 1. The molecule has 1 aromatic rings. The van der Waals surface area contributed by atoms with Crippen LogP contribution in [-0.4, -0.2) is 52.1 Å². The van der Waals surface area contributed by atoms with Gasteiger partial charge in [0, 0.05) is 31.8 Å². The van der Waals surface area contributed by atoms with Gasteiger partial charge in [-0.25, -0.2) is 13.1 Å². The van der Waals surface area contributed by atoms with Crippen LogP contribution in [0.25, 0.3) is 0 Å². The van der Waals surface area contributed by atoms with Gasteiger partial charge in [0.15, 0.2) is 0 Å². The lowest BCUT2D eigenvalue weighted by atomic mass is 10.1. The summed E-state index contributed by atoms with van der Waals surface area (Å²) >= 11 is 0. The Morgan fingerprint density at radius 3 is 2.74 bits per heavy atom. The van der Waals surface area contributed by atoms with E-state index in [-0.39, 0.29) is 23.4 Å². The zero-order chi connectivity index (χ0) is 17.0. The molecule has 1 amide bonds. The minimum atomic E-state index is -3.64. The van der Waals surface area contributed by atoms with Crippen LogP contribution in [0, 0.1) is 5.92 Å². The van der Waals surface area contributed by atoms with Crippen molar-refractivity contribution in [3.05, 3.63) is 29.8 Å². The number of nitrogens with zero attached hydrogens (tertiary/aromatic N) is 1. The Morgan fingerprint density at radius 2 is 2.13 bits per heavy atom. The summed E-state index contributed by atoms with van der Waals surface area (Å²) in [6.45, 7) is 5.33. The fraction of sp³-hybridized carbons (Fsp3) is 0.562. The molecular weight excluding hydrogens is 316 g/mol. The quantitative estimate of drug-likeness (QED) is 0.796. The van der Waals surface area contributed by atoms with Crippen molar-refractivity contribution in [1.29, 1.82) is 0 Å². The molecule has 1 saturated heterocycles. The first-order valence-corrected chi connectivity index (χ1v) is 9.23. The van der Waals surface area contributed by atoms with Gasteiger partial charge in [-0.2, -0.15) is 0 Å². The van der Waals surface area contributed by atoms with Crippen LogP contribution >= 0.6 is 0 Å². The lowest BCUT2D eigenvalue weighted by Crippen LogP contribution is -2.34. The van der Waals surface area contributed by atoms with Gasteiger partial charge in [0.05, 0.1) is 11.5 Å². The number of carbonyl (C=O) groups is 1. The summed E-state index contributed by atoms with van der Waals surface area (Å²) in [4.78, 5) is 14.5. The number of hydrogen-bond acceptors (Lipinski definition) is 4. The van der Waals surface area contributed by atoms with E-state index >= 15 is 0 Å². The first-order chi connectivity index (χ1) is 10.8. The van der Waals surface area contributed by atoms with E-state index in [4.69, 9.17) is 4.74 Å². The van der Waals surface area contributed by atoms with Crippen molar-refractivity contribution in [2.75, 3.05) is 26.8 Å². The van der Waals surface area contributed by atoms with Crippen LogP contribution in [0.2, 0.25) is 0 Å². The maximum Gasteiger partial charge on any atom is 0.254 e. The molecule has 0 radical (unpaired) electrons. The zero-order valence-corrected chi connectivity index (χ0v) is 14.6. The van der Waals surface area contributed by atoms with Crippen molar-refractivity contribution in [3.63, 3.8) is 0 Å². The fourth-order valence-electron chi connectivity index (χ4n) is 2.91. The molecule has 6 nitrogen and oxygen atoms in total. The van der Waals surface area contributed by atoms with Gasteiger partial charge in [-0.15, -0.1) is 0 Å². The molecule has 1 fully saturated rings. The van der Waals surface area contributed by atoms with Crippen molar-refractivity contribution >= 4 is 15.9 Å². The van der Waals surface area contributed by atoms with Crippen LogP contribution in [0.3, 0.4) is 0 Å². The summed E-state index contributed by atoms with van der Waals surface area (Å²) in [6, 6.07) is 6.36. The number of benzene rings is 1. The third-order valence-electron chi connectivity index (χ3n) is 4.03. The van der Waals surface area contributed by atoms with Gasteiger partial charge in [0.2, 0.25) is 10.0 Å². The average molecular weight is 340 g/mol. The van der Waals surface area contributed by atoms with E-state index in [1.807, 2.05) is 11.8 Å². The molecule has 0 saturated carbocycles. The second-order valence-electron chi connectivity index (χ2n) is 6.07. The van der Waals surface area contributed by atoms with E-state index in [0.29, 0.717) is 24.6 Å². The largest absolute Gasteiger partial charge is 0.383 e. The first-order valence-electron chi connectivity index (χ1n) is 7.75. The third kappa shape index (κ3) is 4.31. The summed E-state index contributed by atoms with van der Waals surface area (Å²) < 4.78 is 31.7. The van der Waals surface area contributed by atoms with E-state index in [1.54, 1.807) is 12.1 Å². The molecule has 0 spiro atoms. The Bertz CT molecular complexity index is 660. The second kappa shape index (κ2) is 7.42. The number of carbonyl (C=O) groups excluding carboxylic acids is 1. The molecule has 2 atom stereocenters. The average Bonchev–Trinajstić information content (AvgIpc) is 2.85. The van der Waals surface area contributed by atoms with Gasteiger partial charge in [0.1, 0.15) is 0 Å². The number of likely N-dealkylation sites (tertiary alicyclic amines) is 1. The van der Waals surface area contributed by atoms with E-state index in [9.17, 15) is 13.2 Å². The van der Waals surface area contributed by atoms with Gasteiger partial charge in [-0.1, -0.05) is 13.0 Å². The van der Waals surface area contributed by atoms with E-state index in [2.05, 4.69) is 11.6 Å². The summed E-state index contributed by atoms with van der Waals surface area (Å²) in [5, 5.41) is 0. The third-order valence-corrected chi connectivity index (χ3v) is 5.49. The monoisotopic (exact) mass is 340 g/mol. The Labute approximate surface area is 137 Å². The second-order valence-corrected chi connectivity index (χ2v) is 7.83. The highest BCUT2D eigenvalue weighted by atomic mass is 32.2. The Hall–Kier alpha value is -1.44. The van der Waals surface area contributed by atoms with Gasteiger partial charge < -0.3 is 9.64 Å². The maximum absolute atomic E-state index is 12.6. The van der Waals surface area contributed by atoms with E-state index in [0.717, 1.165) is 6.42 Å². The van der Waals surface area contributed by atoms with Crippen molar-refractivity contribution in [2.45, 2.75) is 31.2 Å². The number of ether oxygens (including phenoxy) is 1. The molecule has 1 aromatic carbocycles. The predicted molar refractivity (Wildman–Crippen MR) is 87.8 cm³/mol. The highest BCUT2D eigenvalue weighted by molar-refractivity contribution is 7.89.